The zero-order valence-corrected chi connectivity index (χ0v) is 11.5. The van der Waals surface area contributed by atoms with Gasteiger partial charge in [-0.25, -0.2) is 0 Å². The first-order chi connectivity index (χ1) is 8.69. The maximum atomic E-state index is 11.8. The molecule has 1 fully saturated rings. The van der Waals surface area contributed by atoms with Crippen molar-refractivity contribution in [1.29, 1.82) is 0 Å². The molecular formula is C13H25N3O2. The molecule has 0 spiro atoms. The minimum atomic E-state index is -0.0673. The van der Waals surface area contributed by atoms with Crippen LogP contribution in [0.4, 0.5) is 0 Å². The first-order valence-electron chi connectivity index (χ1n) is 6.97. The Hall–Kier alpha value is -1.10. The summed E-state index contributed by atoms with van der Waals surface area (Å²) in [6.07, 6.45) is 3.53. The average Bonchev–Trinajstić information content (AvgIpc) is 2.41. The zero-order chi connectivity index (χ0) is 13.4. The molecule has 5 nitrogen and oxygen atoms in total. The molecule has 0 radical (unpaired) electrons. The summed E-state index contributed by atoms with van der Waals surface area (Å²) in [6.45, 7) is 6.74. The summed E-state index contributed by atoms with van der Waals surface area (Å²) in [7, 11) is 0. The van der Waals surface area contributed by atoms with Crippen LogP contribution in [0.3, 0.4) is 0 Å². The molecule has 2 N–H and O–H groups in total. The van der Waals surface area contributed by atoms with Gasteiger partial charge in [0, 0.05) is 26.1 Å². The zero-order valence-electron chi connectivity index (χ0n) is 11.5. The van der Waals surface area contributed by atoms with Gasteiger partial charge in [-0.2, -0.15) is 0 Å². The molecule has 5 heteroatoms. The molecule has 0 aromatic carbocycles. The van der Waals surface area contributed by atoms with Crippen molar-refractivity contribution in [2.24, 2.45) is 0 Å². The second-order valence-electron chi connectivity index (χ2n) is 4.61. The van der Waals surface area contributed by atoms with Crippen LogP contribution in [0.5, 0.6) is 0 Å². The molecule has 2 amide bonds. The molecule has 0 saturated carbocycles. The van der Waals surface area contributed by atoms with Crippen molar-refractivity contribution in [1.82, 2.24) is 15.5 Å². The Morgan fingerprint density at radius 1 is 1.28 bits per heavy atom. The fraction of sp³-hybridized carbons (Fsp3) is 0.846. The summed E-state index contributed by atoms with van der Waals surface area (Å²) < 4.78 is 0. The number of carbonyl (C=O) groups excluding carboxylic acids is 2. The van der Waals surface area contributed by atoms with Crippen LogP contribution in [0.1, 0.15) is 39.5 Å². The Bertz CT molecular complexity index is 271. The summed E-state index contributed by atoms with van der Waals surface area (Å²) in [5.74, 6) is 0.138. The van der Waals surface area contributed by atoms with Crippen molar-refractivity contribution in [3.8, 4) is 0 Å². The van der Waals surface area contributed by atoms with Crippen molar-refractivity contribution in [2.45, 2.75) is 45.6 Å². The normalized spacial score (nSPS) is 19.3. The predicted molar refractivity (Wildman–Crippen MR) is 71.2 cm³/mol. The van der Waals surface area contributed by atoms with Gasteiger partial charge in [-0.1, -0.05) is 6.42 Å². The lowest BCUT2D eigenvalue weighted by Crippen LogP contribution is -2.47. The van der Waals surface area contributed by atoms with Gasteiger partial charge >= 0.3 is 0 Å². The second-order valence-corrected chi connectivity index (χ2v) is 4.61. The number of piperidine rings is 1. The molecule has 1 heterocycles. The first kappa shape index (κ1) is 15.0. The lowest BCUT2D eigenvalue weighted by molar-refractivity contribution is -0.130. The van der Waals surface area contributed by atoms with E-state index in [0.717, 1.165) is 38.9 Å². The highest BCUT2D eigenvalue weighted by Gasteiger charge is 2.20. The summed E-state index contributed by atoms with van der Waals surface area (Å²) in [4.78, 5) is 25.3. The Morgan fingerprint density at radius 3 is 2.56 bits per heavy atom. The molecule has 1 saturated heterocycles. The predicted octanol–water partition coefficient (Wildman–Crippen LogP) is 0.503. The van der Waals surface area contributed by atoms with E-state index >= 15 is 0 Å². The lowest BCUT2D eigenvalue weighted by Gasteiger charge is -2.23. The van der Waals surface area contributed by atoms with E-state index in [1.807, 2.05) is 13.8 Å². The highest BCUT2D eigenvalue weighted by Crippen LogP contribution is 2.06. The Kier molecular flexibility index (Phi) is 6.72. The van der Waals surface area contributed by atoms with Crippen LogP contribution in [-0.4, -0.2) is 48.9 Å². The van der Waals surface area contributed by atoms with Crippen molar-refractivity contribution in [2.75, 3.05) is 26.2 Å². The van der Waals surface area contributed by atoms with Crippen LogP contribution in [0.25, 0.3) is 0 Å². The van der Waals surface area contributed by atoms with Gasteiger partial charge < -0.3 is 15.5 Å². The molecule has 0 aromatic rings. The second kappa shape index (κ2) is 8.08. The number of nitrogens with zero attached hydrogens (tertiary/aromatic N) is 1. The van der Waals surface area contributed by atoms with E-state index in [1.165, 1.54) is 0 Å². The fourth-order valence-electron chi connectivity index (χ4n) is 2.23. The van der Waals surface area contributed by atoms with E-state index in [9.17, 15) is 9.59 Å². The summed E-state index contributed by atoms with van der Waals surface area (Å²) in [5, 5.41) is 6.03. The smallest absolute Gasteiger partial charge is 0.237 e. The Balaban J connectivity index is 2.20. The molecule has 0 bridgehead atoms. The van der Waals surface area contributed by atoms with E-state index in [0.29, 0.717) is 13.0 Å². The number of rotatable bonds is 6. The van der Waals surface area contributed by atoms with Crippen LogP contribution < -0.4 is 10.6 Å². The average molecular weight is 255 g/mol. The van der Waals surface area contributed by atoms with Crippen LogP contribution in [0.15, 0.2) is 0 Å². The minimum Gasteiger partial charge on any atom is -0.354 e. The molecule has 0 unspecified atom stereocenters. The van der Waals surface area contributed by atoms with Gasteiger partial charge in [-0.05, 0) is 33.2 Å². The van der Waals surface area contributed by atoms with Crippen molar-refractivity contribution in [3.63, 3.8) is 0 Å². The van der Waals surface area contributed by atoms with Gasteiger partial charge in [0.2, 0.25) is 11.8 Å². The molecular weight excluding hydrogens is 230 g/mol. The summed E-state index contributed by atoms with van der Waals surface area (Å²) in [5.41, 5.74) is 0. The monoisotopic (exact) mass is 255 g/mol. The van der Waals surface area contributed by atoms with Gasteiger partial charge in [-0.3, -0.25) is 9.59 Å². The quantitative estimate of drug-likeness (QED) is 0.726. The van der Waals surface area contributed by atoms with Crippen LogP contribution in [0, 0.1) is 0 Å². The standard InChI is InChI=1S/C13H25N3O2/c1-3-16(4-2)12(17)8-10-15-13(18)11-7-5-6-9-14-11/h11,14H,3-10H2,1-2H3,(H,15,18)/t11-/m0/s1. The topological polar surface area (TPSA) is 61.4 Å². The number of hydrogen-bond acceptors (Lipinski definition) is 3. The van der Waals surface area contributed by atoms with Crippen molar-refractivity contribution >= 4 is 11.8 Å². The van der Waals surface area contributed by atoms with E-state index in [4.69, 9.17) is 0 Å². The molecule has 0 aliphatic carbocycles. The van der Waals surface area contributed by atoms with Crippen molar-refractivity contribution < 1.29 is 9.59 Å². The first-order valence-corrected chi connectivity index (χ1v) is 6.97. The number of amides is 2. The highest BCUT2D eigenvalue weighted by molar-refractivity contribution is 5.82. The largest absolute Gasteiger partial charge is 0.354 e. The summed E-state index contributed by atoms with van der Waals surface area (Å²) in [6, 6.07) is -0.0673. The van der Waals surface area contributed by atoms with E-state index in [1.54, 1.807) is 4.90 Å². The summed E-state index contributed by atoms with van der Waals surface area (Å²) >= 11 is 0. The highest BCUT2D eigenvalue weighted by atomic mass is 16.2. The van der Waals surface area contributed by atoms with E-state index in [-0.39, 0.29) is 17.9 Å². The van der Waals surface area contributed by atoms with Crippen LogP contribution >= 0.6 is 0 Å². The SMILES string of the molecule is CCN(CC)C(=O)CCNC(=O)[C@@H]1CCCCN1. The maximum Gasteiger partial charge on any atom is 0.237 e. The van der Waals surface area contributed by atoms with Gasteiger partial charge in [0.05, 0.1) is 6.04 Å². The minimum absolute atomic E-state index is 0.0297. The molecule has 1 atom stereocenters. The van der Waals surface area contributed by atoms with Gasteiger partial charge in [0.1, 0.15) is 0 Å². The lowest BCUT2D eigenvalue weighted by atomic mass is 10.0. The molecule has 18 heavy (non-hydrogen) atoms. The third-order valence-electron chi connectivity index (χ3n) is 3.38. The van der Waals surface area contributed by atoms with E-state index in [2.05, 4.69) is 10.6 Å². The Labute approximate surface area is 109 Å². The van der Waals surface area contributed by atoms with Gasteiger partial charge in [0.15, 0.2) is 0 Å². The van der Waals surface area contributed by atoms with E-state index < -0.39 is 0 Å². The maximum absolute atomic E-state index is 11.8. The van der Waals surface area contributed by atoms with Gasteiger partial charge in [-0.15, -0.1) is 0 Å². The Morgan fingerprint density at radius 2 is 2.00 bits per heavy atom. The molecule has 1 aliphatic rings. The molecule has 1 rings (SSSR count). The molecule has 104 valence electrons. The third kappa shape index (κ3) is 4.64. The molecule has 1 aliphatic heterocycles. The molecule has 0 aromatic heterocycles. The number of nitrogens with one attached hydrogen (secondary N) is 2. The van der Waals surface area contributed by atoms with Crippen molar-refractivity contribution in [3.05, 3.63) is 0 Å². The number of carbonyl (C=O) groups is 2. The number of hydrogen-bond donors (Lipinski definition) is 2. The van der Waals surface area contributed by atoms with Crippen LogP contribution in [0.2, 0.25) is 0 Å². The van der Waals surface area contributed by atoms with Crippen LogP contribution in [-0.2, 0) is 9.59 Å². The van der Waals surface area contributed by atoms with Gasteiger partial charge in [0.25, 0.3) is 0 Å². The fourth-order valence-corrected chi connectivity index (χ4v) is 2.23. The third-order valence-corrected chi connectivity index (χ3v) is 3.38.